The molecule has 8 heteroatoms. The highest BCUT2D eigenvalue weighted by Gasteiger charge is 2.15. The summed E-state index contributed by atoms with van der Waals surface area (Å²) in [4.78, 5) is 12.5. The summed E-state index contributed by atoms with van der Waals surface area (Å²) in [6.45, 7) is -0.192. The van der Waals surface area contributed by atoms with Gasteiger partial charge in [0.15, 0.2) is 6.61 Å². The number of anilines is 2. The van der Waals surface area contributed by atoms with Gasteiger partial charge in [-0.25, -0.2) is 8.42 Å². The van der Waals surface area contributed by atoms with Crippen molar-refractivity contribution in [1.82, 2.24) is 0 Å². The molecule has 2 N–H and O–H groups in total. The number of amides is 1. The van der Waals surface area contributed by atoms with Crippen molar-refractivity contribution < 1.29 is 22.7 Å². The molecule has 0 atom stereocenters. The van der Waals surface area contributed by atoms with Gasteiger partial charge in [-0.3, -0.25) is 9.52 Å². The lowest BCUT2D eigenvalue weighted by atomic mass is 10.1. The van der Waals surface area contributed by atoms with E-state index in [2.05, 4.69) is 10.0 Å². The van der Waals surface area contributed by atoms with Crippen LogP contribution in [0.5, 0.6) is 11.5 Å². The standard InChI is InChI=1S/C27H24N2O5S/c1-33-23-15-11-22(12-16-23)29-35(31,32)24-17-13-21(14-18-24)28-27(30)19-34-26-10-6-5-9-25(26)20-7-3-2-4-8-20/h2-18,29H,19H2,1H3,(H,28,30). The number of para-hydroxylation sites is 1. The number of rotatable bonds is 9. The van der Waals surface area contributed by atoms with Crippen LogP contribution in [0.1, 0.15) is 0 Å². The quantitative estimate of drug-likeness (QED) is 0.339. The summed E-state index contributed by atoms with van der Waals surface area (Å²) in [6.07, 6.45) is 0. The van der Waals surface area contributed by atoms with Crippen molar-refractivity contribution in [2.75, 3.05) is 23.8 Å². The van der Waals surface area contributed by atoms with Crippen LogP contribution in [0.2, 0.25) is 0 Å². The van der Waals surface area contributed by atoms with Crippen molar-refractivity contribution in [3.63, 3.8) is 0 Å². The molecule has 7 nitrogen and oxygen atoms in total. The van der Waals surface area contributed by atoms with E-state index in [0.717, 1.165) is 11.1 Å². The van der Waals surface area contributed by atoms with Gasteiger partial charge in [0.2, 0.25) is 0 Å². The molecule has 0 bridgehead atoms. The zero-order chi connectivity index (χ0) is 24.7. The van der Waals surface area contributed by atoms with Crippen molar-refractivity contribution >= 4 is 27.3 Å². The maximum Gasteiger partial charge on any atom is 0.262 e. The van der Waals surface area contributed by atoms with Gasteiger partial charge >= 0.3 is 0 Å². The van der Waals surface area contributed by atoms with Crippen LogP contribution < -0.4 is 19.5 Å². The SMILES string of the molecule is COc1ccc(NS(=O)(=O)c2ccc(NC(=O)COc3ccccc3-c3ccccc3)cc2)cc1. The highest BCUT2D eigenvalue weighted by molar-refractivity contribution is 7.92. The molecule has 0 aliphatic heterocycles. The molecule has 178 valence electrons. The van der Waals surface area contributed by atoms with E-state index in [9.17, 15) is 13.2 Å². The van der Waals surface area contributed by atoms with Crippen molar-refractivity contribution in [3.8, 4) is 22.6 Å². The van der Waals surface area contributed by atoms with Crippen LogP contribution in [0.3, 0.4) is 0 Å². The van der Waals surface area contributed by atoms with Crippen molar-refractivity contribution in [1.29, 1.82) is 0 Å². The summed E-state index contributed by atoms with van der Waals surface area (Å²) in [5, 5.41) is 2.72. The molecule has 35 heavy (non-hydrogen) atoms. The number of benzene rings is 4. The van der Waals surface area contributed by atoms with Crippen LogP contribution in [0, 0.1) is 0 Å². The molecule has 4 aromatic carbocycles. The van der Waals surface area contributed by atoms with Crippen LogP contribution in [-0.4, -0.2) is 28.0 Å². The number of sulfonamides is 1. The first kappa shape index (κ1) is 23.8. The summed E-state index contributed by atoms with van der Waals surface area (Å²) in [5.41, 5.74) is 2.75. The van der Waals surface area contributed by atoms with Crippen molar-refractivity contribution in [2.45, 2.75) is 4.90 Å². The van der Waals surface area contributed by atoms with E-state index < -0.39 is 10.0 Å². The molecule has 0 aromatic heterocycles. The molecule has 4 rings (SSSR count). The van der Waals surface area contributed by atoms with Gasteiger partial charge in [-0.05, 0) is 60.2 Å². The number of hydrogen-bond donors (Lipinski definition) is 2. The van der Waals surface area contributed by atoms with E-state index in [1.165, 1.54) is 31.4 Å². The second-order valence-electron chi connectivity index (χ2n) is 7.56. The first-order chi connectivity index (χ1) is 16.9. The number of methoxy groups -OCH3 is 1. The molecular weight excluding hydrogens is 464 g/mol. The molecular formula is C27H24N2O5S. The Hall–Kier alpha value is -4.30. The van der Waals surface area contributed by atoms with E-state index in [0.29, 0.717) is 22.9 Å². The van der Waals surface area contributed by atoms with E-state index >= 15 is 0 Å². The molecule has 0 radical (unpaired) electrons. The minimum absolute atomic E-state index is 0.0688. The topological polar surface area (TPSA) is 93.7 Å². The number of nitrogens with one attached hydrogen (secondary N) is 2. The third-order valence-electron chi connectivity index (χ3n) is 5.12. The zero-order valence-electron chi connectivity index (χ0n) is 19.0. The third-order valence-corrected chi connectivity index (χ3v) is 6.52. The van der Waals surface area contributed by atoms with Gasteiger partial charge in [0.25, 0.3) is 15.9 Å². The molecule has 0 fully saturated rings. The number of carbonyl (C=O) groups is 1. The Bertz CT molecular complexity index is 1390. The molecule has 0 saturated carbocycles. The van der Waals surface area contributed by atoms with Gasteiger partial charge < -0.3 is 14.8 Å². The highest BCUT2D eigenvalue weighted by Crippen LogP contribution is 2.29. The van der Waals surface area contributed by atoms with Gasteiger partial charge in [-0.2, -0.15) is 0 Å². The van der Waals surface area contributed by atoms with Crippen LogP contribution in [-0.2, 0) is 14.8 Å². The Morgan fingerprint density at radius 1 is 0.771 bits per heavy atom. The van der Waals surface area contributed by atoms with Gasteiger partial charge in [-0.15, -0.1) is 0 Å². The summed E-state index contributed by atoms with van der Waals surface area (Å²) in [7, 11) is -2.25. The van der Waals surface area contributed by atoms with Crippen LogP contribution in [0.4, 0.5) is 11.4 Å². The monoisotopic (exact) mass is 488 g/mol. The highest BCUT2D eigenvalue weighted by atomic mass is 32.2. The largest absolute Gasteiger partial charge is 0.497 e. The second kappa shape index (κ2) is 10.8. The Morgan fingerprint density at radius 3 is 2.09 bits per heavy atom. The summed E-state index contributed by atoms with van der Waals surface area (Å²) in [5.74, 6) is 0.861. The van der Waals surface area contributed by atoms with Gasteiger partial charge in [-0.1, -0.05) is 48.5 Å². The fourth-order valence-electron chi connectivity index (χ4n) is 3.38. The van der Waals surface area contributed by atoms with Crippen LogP contribution in [0.15, 0.2) is 108 Å². The molecule has 4 aromatic rings. The van der Waals surface area contributed by atoms with E-state index in [1.807, 2.05) is 54.6 Å². The predicted octanol–water partition coefficient (Wildman–Crippen LogP) is 5.18. The lowest BCUT2D eigenvalue weighted by Crippen LogP contribution is -2.20. The average molecular weight is 489 g/mol. The van der Waals surface area contributed by atoms with E-state index in [1.54, 1.807) is 24.3 Å². The maximum absolute atomic E-state index is 12.6. The average Bonchev–Trinajstić information content (AvgIpc) is 2.89. The first-order valence-corrected chi connectivity index (χ1v) is 12.3. The Balaban J connectivity index is 1.36. The minimum Gasteiger partial charge on any atom is -0.497 e. The molecule has 0 spiro atoms. The predicted molar refractivity (Wildman–Crippen MR) is 136 cm³/mol. The lowest BCUT2D eigenvalue weighted by Gasteiger charge is -2.12. The zero-order valence-corrected chi connectivity index (χ0v) is 19.8. The van der Waals surface area contributed by atoms with Gasteiger partial charge in [0, 0.05) is 16.9 Å². The summed E-state index contributed by atoms with van der Waals surface area (Å²) < 4.78 is 38.6. The molecule has 1 amide bonds. The van der Waals surface area contributed by atoms with E-state index in [-0.39, 0.29) is 17.4 Å². The fourth-order valence-corrected chi connectivity index (χ4v) is 4.44. The minimum atomic E-state index is -3.78. The normalized spacial score (nSPS) is 10.9. The third kappa shape index (κ3) is 6.18. The van der Waals surface area contributed by atoms with E-state index in [4.69, 9.17) is 9.47 Å². The number of ether oxygens (including phenoxy) is 2. The smallest absolute Gasteiger partial charge is 0.262 e. The first-order valence-electron chi connectivity index (χ1n) is 10.8. The molecule has 0 aliphatic rings. The van der Waals surface area contributed by atoms with Gasteiger partial charge in [0.1, 0.15) is 11.5 Å². The molecule has 0 saturated heterocycles. The fraction of sp³-hybridized carbons (Fsp3) is 0.0741. The molecule has 0 unspecified atom stereocenters. The van der Waals surface area contributed by atoms with Crippen molar-refractivity contribution in [3.05, 3.63) is 103 Å². The molecule has 0 heterocycles. The van der Waals surface area contributed by atoms with Gasteiger partial charge in [0.05, 0.1) is 12.0 Å². The number of hydrogen-bond acceptors (Lipinski definition) is 5. The summed E-state index contributed by atoms with van der Waals surface area (Å²) in [6, 6.07) is 29.7. The summed E-state index contributed by atoms with van der Waals surface area (Å²) >= 11 is 0. The Labute approximate surface area is 204 Å². The Morgan fingerprint density at radius 2 is 1.40 bits per heavy atom. The Kier molecular flexibility index (Phi) is 7.32. The number of carbonyl (C=O) groups excluding carboxylic acids is 1. The lowest BCUT2D eigenvalue weighted by molar-refractivity contribution is -0.118. The van der Waals surface area contributed by atoms with Crippen LogP contribution >= 0.6 is 0 Å². The van der Waals surface area contributed by atoms with Crippen molar-refractivity contribution in [2.24, 2.45) is 0 Å². The maximum atomic E-state index is 12.6. The second-order valence-corrected chi connectivity index (χ2v) is 9.24. The molecule has 0 aliphatic carbocycles. The van der Waals surface area contributed by atoms with Crippen LogP contribution in [0.25, 0.3) is 11.1 Å².